The van der Waals surface area contributed by atoms with Crippen molar-refractivity contribution in [1.82, 2.24) is 0 Å². The van der Waals surface area contributed by atoms with Gasteiger partial charge in [0.25, 0.3) is 0 Å². The van der Waals surface area contributed by atoms with Gasteiger partial charge in [0, 0.05) is 18.7 Å². The molecule has 0 unspecified atom stereocenters. The van der Waals surface area contributed by atoms with Gasteiger partial charge >= 0.3 is 12.1 Å². The van der Waals surface area contributed by atoms with Crippen LogP contribution in [0.3, 0.4) is 0 Å². The molecule has 3 nitrogen and oxygen atoms in total. The molecule has 0 aromatic heterocycles. The van der Waals surface area contributed by atoms with Crippen molar-refractivity contribution in [2.24, 2.45) is 5.41 Å². The molecule has 21 heavy (non-hydrogen) atoms. The van der Waals surface area contributed by atoms with Gasteiger partial charge in [-0.2, -0.15) is 13.2 Å². The van der Waals surface area contributed by atoms with Gasteiger partial charge in [-0.15, -0.1) is 0 Å². The molecule has 0 saturated carbocycles. The lowest BCUT2D eigenvalue weighted by Gasteiger charge is -2.24. The second kappa shape index (κ2) is 6.83. The first-order chi connectivity index (χ1) is 9.62. The number of carbonyl (C=O) groups is 1. The minimum atomic E-state index is -4.39. The average Bonchev–Trinajstić information content (AvgIpc) is 2.36. The SMILES string of the molecule is CC(C)(CCNc1ccccc1C(F)(F)F)CCC(=O)O. The number of hydrogen-bond acceptors (Lipinski definition) is 2. The molecule has 1 rings (SSSR count). The Morgan fingerprint density at radius 1 is 1.19 bits per heavy atom. The summed E-state index contributed by atoms with van der Waals surface area (Å²) in [4.78, 5) is 10.6. The van der Waals surface area contributed by atoms with E-state index in [0.717, 1.165) is 6.07 Å². The molecule has 118 valence electrons. The fourth-order valence-corrected chi connectivity index (χ4v) is 1.99. The van der Waals surface area contributed by atoms with E-state index in [2.05, 4.69) is 5.32 Å². The molecule has 0 heterocycles. The summed E-state index contributed by atoms with van der Waals surface area (Å²) in [7, 11) is 0. The largest absolute Gasteiger partial charge is 0.481 e. The second-order valence-electron chi connectivity index (χ2n) is 5.78. The highest BCUT2D eigenvalue weighted by Crippen LogP contribution is 2.35. The number of carboxylic acids is 1. The lowest BCUT2D eigenvalue weighted by Crippen LogP contribution is -2.19. The summed E-state index contributed by atoms with van der Waals surface area (Å²) < 4.78 is 38.4. The molecule has 6 heteroatoms. The van der Waals surface area contributed by atoms with Crippen molar-refractivity contribution >= 4 is 11.7 Å². The summed E-state index contributed by atoms with van der Waals surface area (Å²) in [6, 6.07) is 5.34. The van der Waals surface area contributed by atoms with Crippen molar-refractivity contribution in [3.05, 3.63) is 29.8 Å². The van der Waals surface area contributed by atoms with Crippen LogP contribution < -0.4 is 5.32 Å². The number of nitrogens with one attached hydrogen (secondary N) is 1. The molecule has 1 aromatic carbocycles. The molecule has 0 bridgehead atoms. The van der Waals surface area contributed by atoms with E-state index in [9.17, 15) is 18.0 Å². The molecular formula is C15H20F3NO2. The number of halogens is 3. The van der Waals surface area contributed by atoms with Gasteiger partial charge in [-0.25, -0.2) is 0 Å². The fourth-order valence-electron chi connectivity index (χ4n) is 1.99. The molecule has 0 aliphatic carbocycles. The van der Waals surface area contributed by atoms with Gasteiger partial charge in [0.05, 0.1) is 5.56 Å². The summed E-state index contributed by atoms with van der Waals surface area (Å²) in [5.41, 5.74) is -0.870. The highest BCUT2D eigenvalue weighted by Gasteiger charge is 2.33. The quantitative estimate of drug-likeness (QED) is 0.785. The molecule has 0 saturated heterocycles. The van der Waals surface area contributed by atoms with E-state index in [1.54, 1.807) is 6.07 Å². The molecule has 2 N–H and O–H groups in total. The van der Waals surface area contributed by atoms with Crippen LogP contribution in [0.5, 0.6) is 0 Å². The van der Waals surface area contributed by atoms with Gasteiger partial charge in [0.15, 0.2) is 0 Å². The van der Waals surface area contributed by atoms with Crippen LogP contribution in [0.15, 0.2) is 24.3 Å². The highest BCUT2D eigenvalue weighted by atomic mass is 19.4. The van der Waals surface area contributed by atoms with Crippen LogP contribution in [0.4, 0.5) is 18.9 Å². The Morgan fingerprint density at radius 2 is 1.81 bits per heavy atom. The number of para-hydroxylation sites is 1. The maximum absolute atomic E-state index is 12.8. The van der Waals surface area contributed by atoms with Gasteiger partial charge < -0.3 is 10.4 Å². The van der Waals surface area contributed by atoms with Crippen molar-refractivity contribution in [3.8, 4) is 0 Å². The summed E-state index contributed by atoms with van der Waals surface area (Å²) in [5, 5.41) is 11.5. The first-order valence-electron chi connectivity index (χ1n) is 6.74. The second-order valence-corrected chi connectivity index (χ2v) is 5.78. The third-order valence-corrected chi connectivity index (χ3v) is 3.37. The first kappa shape index (κ1) is 17.3. The topological polar surface area (TPSA) is 49.3 Å². The van der Waals surface area contributed by atoms with Crippen LogP contribution in [0.25, 0.3) is 0 Å². The zero-order valence-corrected chi connectivity index (χ0v) is 12.1. The molecular weight excluding hydrogens is 283 g/mol. The third-order valence-electron chi connectivity index (χ3n) is 3.37. The molecule has 0 spiro atoms. The van der Waals surface area contributed by atoms with Crippen LogP contribution in [0.1, 0.15) is 38.7 Å². The van der Waals surface area contributed by atoms with E-state index in [4.69, 9.17) is 5.11 Å². The Bertz CT molecular complexity index is 484. The number of carboxylic acid groups (broad SMARTS) is 1. The lowest BCUT2D eigenvalue weighted by atomic mass is 9.84. The first-order valence-corrected chi connectivity index (χ1v) is 6.74. The molecule has 0 fully saturated rings. The van der Waals surface area contributed by atoms with Gasteiger partial charge in [0.1, 0.15) is 0 Å². The molecule has 0 radical (unpaired) electrons. The summed E-state index contributed by atoms with van der Waals surface area (Å²) in [6.45, 7) is 4.18. The number of hydrogen-bond donors (Lipinski definition) is 2. The normalized spacial score (nSPS) is 12.2. The monoisotopic (exact) mass is 303 g/mol. The number of alkyl halides is 3. The predicted molar refractivity (Wildman–Crippen MR) is 75.2 cm³/mol. The van der Waals surface area contributed by atoms with E-state index < -0.39 is 17.7 Å². The molecule has 0 atom stereocenters. The van der Waals surface area contributed by atoms with E-state index in [0.29, 0.717) is 19.4 Å². The van der Waals surface area contributed by atoms with Crippen LogP contribution >= 0.6 is 0 Å². The van der Waals surface area contributed by atoms with Crippen LogP contribution in [-0.4, -0.2) is 17.6 Å². The van der Waals surface area contributed by atoms with Gasteiger partial charge in [0.2, 0.25) is 0 Å². The smallest absolute Gasteiger partial charge is 0.418 e. The lowest BCUT2D eigenvalue weighted by molar-refractivity contribution is -0.138. The molecule has 1 aromatic rings. The Hall–Kier alpha value is -1.72. The summed E-state index contributed by atoms with van der Waals surface area (Å²) in [6.07, 6.45) is -3.24. The minimum Gasteiger partial charge on any atom is -0.481 e. The standard InChI is InChI=1S/C15H20F3NO2/c1-14(2,8-7-13(20)21)9-10-19-12-6-4-3-5-11(12)15(16,17)18/h3-6,19H,7-10H2,1-2H3,(H,20,21). The van der Waals surface area contributed by atoms with Gasteiger partial charge in [-0.3, -0.25) is 4.79 Å². The van der Waals surface area contributed by atoms with Crippen molar-refractivity contribution < 1.29 is 23.1 Å². The van der Waals surface area contributed by atoms with E-state index in [1.807, 2.05) is 13.8 Å². The Morgan fingerprint density at radius 3 is 2.38 bits per heavy atom. The van der Waals surface area contributed by atoms with Gasteiger partial charge in [-0.05, 0) is 30.4 Å². The maximum atomic E-state index is 12.8. The Labute approximate surface area is 122 Å². The minimum absolute atomic E-state index is 0.0547. The Balaban J connectivity index is 2.59. The van der Waals surface area contributed by atoms with Crippen LogP contribution in [-0.2, 0) is 11.0 Å². The van der Waals surface area contributed by atoms with E-state index >= 15 is 0 Å². The van der Waals surface area contributed by atoms with E-state index in [1.165, 1.54) is 12.1 Å². The zero-order valence-electron chi connectivity index (χ0n) is 12.1. The molecule has 0 aliphatic heterocycles. The predicted octanol–water partition coefficient (Wildman–Crippen LogP) is 4.40. The third kappa shape index (κ3) is 6.06. The number of benzene rings is 1. The summed E-state index contributed by atoms with van der Waals surface area (Å²) in [5.74, 6) is -0.863. The van der Waals surface area contributed by atoms with Crippen molar-refractivity contribution in [2.75, 3.05) is 11.9 Å². The van der Waals surface area contributed by atoms with Crippen molar-refractivity contribution in [2.45, 2.75) is 39.3 Å². The number of rotatable bonds is 7. The van der Waals surface area contributed by atoms with Gasteiger partial charge in [-0.1, -0.05) is 26.0 Å². The molecule has 0 aliphatic rings. The number of aliphatic carboxylic acids is 1. The summed E-state index contributed by atoms with van der Waals surface area (Å²) >= 11 is 0. The van der Waals surface area contributed by atoms with Crippen LogP contribution in [0, 0.1) is 5.41 Å². The fraction of sp³-hybridized carbons (Fsp3) is 0.533. The number of anilines is 1. The maximum Gasteiger partial charge on any atom is 0.418 e. The zero-order chi connectivity index (χ0) is 16.1. The van der Waals surface area contributed by atoms with E-state index in [-0.39, 0.29) is 17.5 Å². The van der Waals surface area contributed by atoms with Crippen molar-refractivity contribution in [3.63, 3.8) is 0 Å². The average molecular weight is 303 g/mol. The highest BCUT2D eigenvalue weighted by molar-refractivity contribution is 5.66. The van der Waals surface area contributed by atoms with Crippen molar-refractivity contribution in [1.29, 1.82) is 0 Å². The molecule has 0 amide bonds. The Kier molecular flexibility index (Phi) is 5.63. The van der Waals surface area contributed by atoms with Crippen LogP contribution in [0.2, 0.25) is 0 Å².